The van der Waals surface area contributed by atoms with Crippen LogP contribution in [0.1, 0.15) is 17.0 Å². The molecule has 4 nitrogen and oxygen atoms in total. The zero-order valence-electron chi connectivity index (χ0n) is 13.7. The van der Waals surface area contributed by atoms with Crippen molar-refractivity contribution in [3.63, 3.8) is 0 Å². The maximum Gasteiger partial charge on any atom is 0.205 e. The maximum atomic E-state index is 9.65. The third-order valence-electron chi connectivity index (χ3n) is 4.46. The van der Waals surface area contributed by atoms with Gasteiger partial charge in [-0.25, -0.2) is 0 Å². The lowest BCUT2D eigenvalue weighted by molar-refractivity contribution is 0.251. The van der Waals surface area contributed by atoms with Crippen LogP contribution in [0.25, 0.3) is 6.08 Å². The second-order valence-electron chi connectivity index (χ2n) is 6.23. The van der Waals surface area contributed by atoms with E-state index in [0.29, 0.717) is 5.57 Å². The van der Waals surface area contributed by atoms with Crippen molar-refractivity contribution in [2.45, 2.75) is 5.92 Å². The molecule has 0 aromatic carbocycles. The fraction of sp³-hybridized carbons (Fsp3) is 0.211. The fourth-order valence-electron chi connectivity index (χ4n) is 3.42. The fourth-order valence-corrected chi connectivity index (χ4v) is 4.72. The number of ether oxygens (including phenoxy) is 1. The first-order valence-electron chi connectivity index (χ1n) is 7.91. The van der Waals surface area contributed by atoms with Crippen LogP contribution >= 0.6 is 22.7 Å². The van der Waals surface area contributed by atoms with E-state index < -0.39 is 0 Å². The summed E-state index contributed by atoms with van der Waals surface area (Å²) >= 11 is 3.30. The topological polar surface area (TPSA) is 62.3 Å². The molecule has 25 heavy (non-hydrogen) atoms. The van der Waals surface area contributed by atoms with Crippen LogP contribution in [0.3, 0.4) is 0 Å². The van der Waals surface area contributed by atoms with Gasteiger partial charge in [-0.15, -0.1) is 0 Å². The molecule has 2 aromatic rings. The van der Waals surface area contributed by atoms with Gasteiger partial charge in [-0.05, 0) is 63.5 Å². The van der Waals surface area contributed by atoms with Gasteiger partial charge in [0.1, 0.15) is 17.4 Å². The summed E-state index contributed by atoms with van der Waals surface area (Å²) in [7, 11) is 2.09. The van der Waals surface area contributed by atoms with Crippen LogP contribution in [-0.4, -0.2) is 25.0 Å². The normalized spacial score (nSPS) is 22.7. The van der Waals surface area contributed by atoms with Crippen LogP contribution in [0.5, 0.6) is 0 Å². The van der Waals surface area contributed by atoms with E-state index in [1.807, 2.05) is 5.38 Å². The molecule has 0 saturated carbocycles. The Kier molecular flexibility index (Phi) is 4.22. The molecule has 0 unspecified atom stereocenters. The molecule has 6 heteroatoms. The first-order chi connectivity index (χ1) is 12.2. The first-order valence-corrected chi connectivity index (χ1v) is 9.80. The minimum Gasteiger partial charge on any atom is -0.440 e. The summed E-state index contributed by atoms with van der Waals surface area (Å²) in [4.78, 5) is 2.25. The number of hydrogen-bond acceptors (Lipinski definition) is 6. The largest absolute Gasteiger partial charge is 0.440 e. The van der Waals surface area contributed by atoms with Gasteiger partial charge in [0, 0.05) is 18.7 Å². The lowest BCUT2D eigenvalue weighted by Gasteiger charge is -2.36. The molecule has 2 aliphatic rings. The Labute approximate surface area is 154 Å². The predicted octanol–water partition coefficient (Wildman–Crippen LogP) is 3.90. The Balaban J connectivity index is 1.87. The number of nitriles is 1. The van der Waals surface area contributed by atoms with E-state index in [4.69, 9.17) is 10.5 Å². The third-order valence-corrected chi connectivity index (χ3v) is 5.86. The number of nitrogens with zero attached hydrogens (tertiary/aromatic N) is 2. The third kappa shape index (κ3) is 2.91. The first kappa shape index (κ1) is 16.2. The molecule has 0 bridgehead atoms. The predicted molar refractivity (Wildman–Crippen MR) is 102 cm³/mol. The molecule has 2 N–H and O–H groups in total. The highest BCUT2D eigenvalue weighted by molar-refractivity contribution is 7.08. The van der Waals surface area contributed by atoms with Gasteiger partial charge in [0.2, 0.25) is 5.88 Å². The van der Waals surface area contributed by atoms with Gasteiger partial charge in [0.25, 0.3) is 0 Å². The van der Waals surface area contributed by atoms with Crippen molar-refractivity contribution in [2.24, 2.45) is 5.73 Å². The van der Waals surface area contributed by atoms with Crippen molar-refractivity contribution < 1.29 is 4.74 Å². The zero-order valence-corrected chi connectivity index (χ0v) is 15.4. The molecule has 2 aromatic heterocycles. The Morgan fingerprint density at radius 3 is 2.76 bits per heavy atom. The van der Waals surface area contributed by atoms with Crippen LogP contribution in [-0.2, 0) is 4.74 Å². The van der Waals surface area contributed by atoms with Gasteiger partial charge in [0.15, 0.2) is 0 Å². The number of allylic oxidation sites excluding steroid dienone is 1. The minimum atomic E-state index is -0.131. The number of rotatable bonds is 2. The van der Waals surface area contributed by atoms with Crippen molar-refractivity contribution in [3.05, 3.63) is 73.1 Å². The molecule has 0 spiro atoms. The number of likely N-dealkylation sites (N-methyl/N-ethyl adjacent to an activating group) is 1. The molecule has 126 valence electrons. The van der Waals surface area contributed by atoms with E-state index >= 15 is 0 Å². The number of thiophene rings is 2. The Morgan fingerprint density at radius 1 is 1.28 bits per heavy atom. The summed E-state index contributed by atoms with van der Waals surface area (Å²) in [6.45, 7) is 1.55. The van der Waals surface area contributed by atoms with E-state index in [-0.39, 0.29) is 11.8 Å². The Morgan fingerprint density at radius 2 is 2.08 bits per heavy atom. The lowest BCUT2D eigenvalue weighted by Crippen LogP contribution is -2.35. The molecule has 0 amide bonds. The summed E-state index contributed by atoms with van der Waals surface area (Å²) in [6, 6.07) is 6.42. The van der Waals surface area contributed by atoms with E-state index in [9.17, 15) is 5.26 Å². The molecule has 4 rings (SSSR count). The summed E-state index contributed by atoms with van der Waals surface area (Å²) in [5.41, 5.74) is 11.1. The standard InChI is InChI=1S/C19H17N3OS2/c1-22-8-14(6-12-2-4-24-10-12)18-16(9-22)17(13-3-5-25-11-13)15(7-20)19(21)23-18/h2-6,10-11,17H,8-9,21H2,1H3/b14-6+/t17-/m0/s1. The number of hydrogen-bond donors (Lipinski definition) is 1. The lowest BCUT2D eigenvalue weighted by atomic mass is 9.81. The highest BCUT2D eigenvalue weighted by atomic mass is 32.1. The summed E-state index contributed by atoms with van der Waals surface area (Å²) < 4.78 is 5.96. The molecule has 4 heterocycles. The van der Waals surface area contributed by atoms with Gasteiger partial charge in [-0.1, -0.05) is 0 Å². The van der Waals surface area contributed by atoms with Crippen molar-refractivity contribution in [1.82, 2.24) is 4.90 Å². The van der Waals surface area contributed by atoms with E-state index in [1.54, 1.807) is 22.7 Å². The van der Waals surface area contributed by atoms with Crippen molar-refractivity contribution in [3.8, 4) is 6.07 Å². The monoisotopic (exact) mass is 367 g/mol. The molecule has 2 aliphatic heterocycles. The Hall–Kier alpha value is -2.33. The van der Waals surface area contributed by atoms with E-state index in [2.05, 4.69) is 52.4 Å². The highest BCUT2D eigenvalue weighted by Gasteiger charge is 2.37. The van der Waals surface area contributed by atoms with Gasteiger partial charge >= 0.3 is 0 Å². The molecular formula is C19H17N3OS2. The Bertz CT molecular complexity index is 915. The van der Waals surface area contributed by atoms with Gasteiger partial charge < -0.3 is 10.5 Å². The van der Waals surface area contributed by atoms with E-state index in [1.165, 1.54) is 0 Å². The van der Waals surface area contributed by atoms with Crippen LogP contribution in [0.2, 0.25) is 0 Å². The average Bonchev–Trinajstić information content (AvgIpc) is 3.28. The van der Waals surface area contributed by atoms with Gasteiger partial charge in [-0.2, -0.15) is 27.9 Å². The quantitative estimate of drug-likeness (QED) is 0.874. The van der Waals surface area contributed by atoms with Crippen molar-refractivity contribution in [1.29, 1.82) is 5.26 Å². The van der Waals surface area contributed by atoms with Crippen LogP contribution in [0, 0.1) is 11.3 Å². The molecule has 1 atom stereocenters. The van der Waals surface area contributed by atoms with Crippen LogP contribution in [0.4, 0.5) is 0 Å². The van der Waals surface area contributed by atoms with Crippen LogP contribution < -0.4 is 5.73 Å². The summed E-state index contributed by atoms with van der Waals surface area (Å²) in [5.74, 6) is 0.920. The number of nitrogens with two attached hydrogens (primary N) is 1. The average molecular weight is 367 g/mol. The second-order valence-corrected chi connectivity index (χ2v) is 7.79. The molecular weight excluding hydrogens is 350 g/mol. The van der Waals surface area contributed by atoms with Crippen LogP contribution in [0.15, 0.2) is 62.0 Å². The molecule has 0 fully saturated rings. The smallest absolute Gasteiger partial charge is 0.205 e. The van der Waals surface area contributed by atoms with Gasteiger partial charge in [-0.3, -0.25) is 4.90 Å². The van der Waals surface area contributed by atoms with Crippen molar-refractivity contribution >= 4 is 28.7 Å². The zero-order chi connectivity index (χ0) is 17.4. The van der Waals surface area contributed by atoms with E-state index in [0.717, 1.165) is 41.1 Å². The molecule has 0 radical (unpaired) electrons. The molecule has 0 saturated heterocycles. The highest BCUT2D eigenvalue weighted by Crippen LogP contribution is 2.43. The molecule has 0 aliphatic carbocycles. The SMILES string of the molecule is CN1CC2=C(OC(N)=C(C#N)[C@@H]2c2ccsc2)/C(=C/c2ccsc2)C1. The summed E-state index contributed by atoms with van der Waals surface area (Å²) in [5, 5.41) is 17.9. The van der Waals surface area contributed by atoms with Crippen molar-refractivity contribution in [2.75, 3.05) is 20.1 Å². The second kappa shape index (κ2) is 6.52. The maximum absolute atomic E-state index is 9.65. The summed E-state index contributed by atoms with van der Waals surface area (Å²) in [6.07, 6.45) is 2.15. The minimum absolute atomic E-state index is 0.131. The van der Waals surface area contributed by atoms with Gasteiger partial charge in [0.05, 0.1) is 5.92 Å².